The van der Waals surface area contributed by atoms with E-state index in [4.69, 9.17) is 4.74 Å². The molecule has 1 aliphatic rings. The van der Waals surface area contributed by atoms with Gasteiger partial charge in [-0.05, 0) is 26.0 Å². The molecule has 29 heavy (non-hydrogen) atoms. The van der Waals surface area contributed by atoms with Gasteiger partial charge in [0, 0.05) is 63.4 Å². The normalized spacial score (nSPS) is 15.5. The predicted molar refractivity (Wildman–Crippen MR) is 118 cm³/mol. The lowest BCUT2D eigenvalue weighted by Gasteiger charge is -2.32. The lowest BCUT2D eigenvalue weighted by Crippen LogP contribution is -2.43. The first-order valence-electron chi connectivity index (χ1n) is 10.4. The molecule has 1 aromatic heterocycles. The minimum absolute atomic E-state index is 0.0147. The highest BCUT2D eigenvalue weighted by Gasteiger charge is 2.14. The van der Waals surface area contributed by atoms with Crippen LogP contribution in [0.15, 0.2) is 29.6 Å². The summed E-state index contributed by atoms with van der Waals surface area (Å²) < 4.78 is 5.27. The van der Waals surface area contributed by atoms with E-state index in [1.54, 1.807) is 11.3 Å². The van der Waals surface area contributed by atoms with Crippen molar-refractivity contribution in [3.63, 3.8) is 0 Å². The summed E-state index contributed by atoms with van der Waals surface area (Å²) in [5.41, 5.74) is 3.27. The van der Waals surface area contributed by atoms with Crippen molar-refractivity contribution in [1.29, 1.82) is 0 Å². The summed E-state index contributed by atoms with van der Waals surface area (Å²) >= 11 is 1.59. The molecule has 1 fully saturated rings. The molecule has 0 unspecified atom stereocenters. The molecule has 1 aromatic carbocycles. The second kappa shape index (κ2) is 11.4. The first-order valence-corrected chi connectivity index (χ1v) is 11.3. The van der Waals surface area contributed by atoms with Crippen LogP contribution in [0.25, 0.3) is 10.6 Å². The van der Waals surface area contributed by atoms with Gasteiger partial charge in [0.25, 0.3) is 0 Å². The summed E-state index contributed by atoms with van der Waals surface area (Å²) in [4.78, 5) is 21.6. The number of carbonyl (C=O) groups is 1. The van der Waals surface area contributed by atoms with Crippen LogP contribution in [0.1, 0.15) is 24.6 Å². The third kappa shape index (κ3) is 7.19. The first kappa shape index (κ1) is 21.9. The van der Waals surface area contributed by atoms with E-state index in [9.17, 15) is 4.79 Å². The number of hydrogen-bond donors (Lipinski definition) is 1. The zero-order valence-electron chi connectivity index (χ0n) is 17.5. The number of carbonyl (C=O) groups excluding carboxylic acids is 1. The molecule has 7 heteroatoms. The van der Waals surface area contributed by atoms with E-state index in [-0.39, 0.29) is 5.91 Å². The maximum Gasteiger partial charge on any atom is 0.226 e. The number of aromatic nitrogens is 1. The molecule has 0 bridgehead atoms. The van der Waals surface area contributed by atoms with E-state index in [0.29, 0.717) is 26.2 Å². The fourth-order valence-electron chi connectivity index (χ4n) is 3.31. The lowest BCUT2D eigenvalue weighted by molar-refractivity contribution is -0.120. The fourth-order valence-corrected chi connectivity index (χ4v) is 4.14. The number of benzene rings is 1. The van der Waals surface area contributed by atoms with Crippen molar-refractivity contribution in [2.45, 2.75) is 26.3 Å². The molecule has 0 atom stereocenters. The molecule has 0 radical (unpaired) electrons. The molecule has 1 aliphatic heterocycles. The van der Waals surface area contributed by atoms with Crippen molar-refractivity contribution >= 4 is 17.2 Å². The first-order chi connectivity index (χ1) is 14.1. The second-order valence-electron chi connectivity index (χ2n) is 7.50. The number of nitrogens with one attached hydrogen (secondary N) is 1. The molecule has 3 rings (SSSR count). The third-order valence-corrected chi connectivity index (χ3v) is 6.03. The smallest absolute Gasteiger partial charge is 0.226 e. The Morgan fingerprint density at radius 3 is 2.69 bits per heavy atom. The summed E-state index contributed by atoms with van der Waals surface area (Å²) in [5.74, 6) is 0.0147. The third-order valence-electron chi connectivity index (χ3n) is 5.09. The lowest BCUT2D eigenvalue weighted by atomic mass is 10.1. The molecule has 0 spiro atoms. The van der Waals surface area contributed by atoms with Crippen LogP contribution in [-0.2, 0) is 22.5 Å². The van der Waals surface area contributed by atoms with Crippen LogP contribution in [-0.4, -0.2) is 73.7 Å². The Labute approximate surface area is 177 Å². The van der Waals surface area contributed by atoms with E-state index >= 15 is 0 Å². The Bertz CT molecular complexity index is 754. The van der Waals surface area contributed by atoms with Gasteiger partial charge in [-0.3, -0.25) is 9.69 Å². The maximum absolute atomic E-state index is 12.1. The molecule has 1 saturated heterocycles. The largest absolute Gasteiger partial charge is 0.382 e. The number of rotatable bonds is 10. The Morgan fingerprint density at radius 1 is 1.21 bits per heavy atom. The molecule has 6 nitrogen and oxygen atoms in total. The molecule has 0 aliphatic carbocycles. The van der Waals surface area contributed by atoms with Gasteiger partial charge in [0.1, 0.15) is 5.01 Å². The van der Waals surface area contributed by atoms with Gasteiger partial charge in [-0.2, -0.15) is 0 Å². The number of hydrogen-bond acceptors (Lipinski definition) is 6. The summed E-state index contributed by atoms with van der Waals surface area (Å²) in [7, 11) is 2.18. The Balaban J connectivity index is 1.46. The van der Waals surface area contributed by atoms with E-state index in [0.717, 1.165) is 55.4 Å². The van der Waals surface area contributed by atoms with E-state index < -0.39 is 0 Å². The summed E-state index contributed by atoms with van der Waals surface area (Å²) in [6, 6.07) is 8.67. The summed E-state index contributed by atoms with van der Waals surface area (Å²) in [6.45, 7) is 9.54. The number of thiazole rings is 1. The molecule has 0 saturated carbocycles. The van der Waals surface area contributed by atoms with Crippen molar-refractivity contribution in [3.05, 3.63) is 40.9 Å². The van der Waals surface area contributed by atoms with Crippen molar-refractivity contribution in [2.24, 2.45) is 0 Å². The number of nitrogens with zero attached hydrogens (tertiary/aromatic N) is 3. The topological polar surface area (TPSA) is 57.7 Å². The standard InChI is InChI=1S/C22H32N4O2S/c1-3-28-14-4-9-23-21(27)15-20-17-29-22(24-20)19-7-5-18(6-8-19)16-26-12-10-25(2)11-13-26/h5-8,17H,3-4,9-16H2,1-2H3,(H,23,27). The van der Waals surface area contributed by atoms with Crippen LogP contribution >= 0.6 is 11.3 Å². The molecule has 158 valence electrons. The van der Waals surface area contributed by atoms with E-state index in [2.05, 4.69) is 51.4 Å². The number of amides is 1. The van der Waals surface area contributed by atoms with Gasteiger partial charge in [0.2, 0.25) is 5.91 Å². The minimum Gasteiger partial charge on any atom is -0.382 e. The van der Waals surface area contributed by atoms with Gasteiger partial charge < -0.3 is 15.0 Å². The highest BCUT2D eigenvalue weighted by atomic mass is 32.1. The van der Waals surface area contributed by atoms with Crippen LogP contribution in [0.4, 0.5) is 0 Å². The van der Waals surface area contributed by atoms with E-state index in [1.165, 1.54) is 5.56 Å². The van der Waals surface area contributed by atoms with Crippen molar-refractivity contribution in [3.8, 4) is 10.6 Å². The van der Waals surface area contributed by atoms with Crippen LogP contribution in [0.2, 0.25) is 0 Å². The SMILES string of the molecule is CCOCCCNC(=O)Cc1csc(-c2ccc(CN3CCN(C)CC3)cc2)n1. The highest BCUT2D eigenvalue weighted by molar-refractivity contribution is 7.13. The number of piperazine rings is 1. The molecule has 2 heterocycles. The summed E-state index contributed by atoms with van der Waals surface area (Å²) in [6.07, 6.45) is 1.16. The zero-order valence-corrected chi connectivity index (χ0v) is 18.3. The molecular formula is C22H32N4O2S. The Hall–Kier alpha value is -1.80. The van der Waals surface area contributed by atoms with Crippen LogP contribution in [0, 0.1) is 0 Å². The summed E-state index contributed by atoms with van der Waals surface area (Å²) in [5, 5.41) is 5.87. The maximum atomic E-state index is 12.1. The number of likely N-dealkylation sites (N-methyl/N-ethyl adjacent to an activating group) is 1. The molecule has 2 aromatic rings. The van der Waals surface area contributed by atoms with Gasteiger partial charge in [0.05, 0.1) is 12.1 Å². The fraction of sp³-hybridized carbons (Fsp3) is 0.545. The molecular weight excluding hydrogens is 384 g/mol. The molecule has 1 N–H and O–H groups in total. The average Bonchev–Trinajstić information content (AvgIpc) is 3.18. The van der Waals surface area contributed by atoms with Crippen molar-refractivity contribution in [2.75, 3.05) is 53.0 Å². The van der Waals surface area contributed by atoms with Crippen LogP contribution in [0.5, 0.6) is 0 Å². The second-order valence-corrected chi connectivity index (χ2v) is 8.36. The predicted octanol–water partition coefficient (Wildman–Crippen LogP) is 2.64. The van der Waals surface area contributed by atoms with Crippen LogP contribution < -0.4 is 5.32 Å². The molecule has 1 amide bonds. The Kier molecular flexibility index (Phi) is 8.61. The number of ether oxygens (including phenoxy) is 1. The zero-order chi connectivity index (χ0) is 20.5. The Morgan fingerprint density at radius 2 is 1.97 bits per heavy atom. The van der Waals surface area contributed by atoms with Gasteiger partial charge in [-0.15, -0.1) is 11.3 Å². The average molecular weight is 417 g/mol. The quantitative estimate of drug-likeness (QED) is 0.604. The van der Waals surface area contributed by atoms with Gasteiger partial charge in [-0.25, -0.2) is 4.98 Å². The van der Waals surface area contributed by atoms with Gasteiger partial charge >= 0.3 is 0 Å². The van der Waals surface area contributed by atoms with Crippen LogP contribution in [0.3, 0.4) is 0 Å². The highest BCUT2D eigenvalue weighted by Crippen LogP contribution is 2.24. The van der Waals surface area contributed by atoms with Gasteiger partial charge in [0.15, 0.2) is 0 Å². The van der Waals surface area contributed by atoms with E-state index in [1.807, 2.05) is 12.3 Å². The minimum atomic E-state index is 0.0147. The monoisotopic (exact) mass is 416 g/mol. The van der Waals surface area contributed by atoms with Crippen molar-refractivity contribution < 1.29 is 9.53 Å². The van der Waals surface area contributed by atoms with Gasteiger partial charge in [-0.1, -0.05) is 24.3 Å². The van der Waals surface area contributed by atoms with Crippen molar-refractivity contribution in [1.82, 2.24) is 20.1 Å².